The Bertz CT molecular complexity index is 2400. The molecular formula is C41H44ClN9O9S. The van der Waals surface area contributed by atoms with Gasteiger partial charge in [-0.15, -0.1) is 21.5 Å². The number of anilines is 1. The maximum absolute atomic E-state index is 13.2. The zero-order chi connectivity index (χ0) is 43.2. The van der Waals surface area contributed by atoms with E-state index in [9.17, 15) is 28.8 Å². The minimum absolute atomic E-state index is 0.00433. The van der Waals surface area contributed by atoms with Gasteiger partial charge in [-0.25, -0.2) is 0 Å². The highest BCUT2D eigenvalue weighted by molar-refractivity contribution is 7.15. The van der Waals surface area contributed by atoms with E-state index < -0.39 is 47.5 Å². The molecule has 1 fully saturated rings. The summed E-state index contributed by atoms with van der Waals surface area (Å²) in [6.07, 6.45) is 0.0321. The van der Waals surface area contributed by atoms with Crippen LogP contribution in [0.1, 0.15) is 85.7 Å². The predicted molar refractivity (Wildman–Crippen MR) is 223 cm³/mol. The van der Waals surface area contributed by atoms with E-state index >= 15 is 0 Å². The van der Waals surface area contributed by atoms with Crippen molar-refractivity contribution in [2.24, 2.45) is 4.99 Å². The molecule has 1 unspecified atom stereocenters. The molecule has 6 amide bonds. The second-order valence-electron chi connectivity index (χ2n) is 14.4. The van der Waals surface area contributed by atoms with Crippen LogP contribution in [-0.2, 0) is 33.4 Å². The van der Waals surface area contributed by atoms with Gasteiger partial charge in [-0.1, -0.05) is 29.8 Å². The number of carbonyl (C=O) groups excluding carboxylic acids is 6. The first kappa shape index (κ1) is 43.2. The highest BCUT2D eigenvalue weighted by atomic mass is 35.5. The zero-order valence-corrected chi connectivity index (χ0v) is 35.2. The number of hydrogen-bond acceptors (Lipinski definition) is 14. The highest BCUT2D eigenvalue weighted by Crippen LogP contribution is 2.40. The highest BCUT2D eigenvalue weighted by Gasteiger charge is 2.45. The Balaban J connectivity index is 0.780. The average Bonchev–Trinajstić information content (AvgIpc) is 3.81. The standard InChI is InChI=1S/C41H44ClN9O9S/c1-22-23(2)61-41-34(22)36(25-7-9-26(42)10-8-25)44-29(37-49-46-24(3)50(37)41)21-33(54)48-47-32(53)13-15-58-17-19-60-20-18-59-16-14-43-28-6-4-5-27-35(28)40(57)51(39(27)56)30-11-12-31(52)45-38(30)55/h4-10,29-30,43H,11-21H2,1-3H3,(H,47,53)(H,48,54)(H,45,52,55)/t29-,30?/m0/s1. The first-order chi connectivity index (χ1) is 29.4. The van der Waals surface area contributed by atoms with Crippen LogP contribution in [0.4, 0.5) is 5.69 Å². The van der Waals surface area contributed by atoms with Gasteiger partial charge in [0.2, 0.25) is 23.6 Å². The van der Waals surface area contributed by atoms with Crippen molar-refractivity contribution in [3.05, 3.63) is 91.8 Å². The molecule has 0 spiro atoms. The topological polar surface area (TPSA) is 225 Å². The maximum Gasteiger partial charge on any atom is 0.264 e. The number of hydrogen-bond donors (Lipinski definition) is 4. The van der Waals surface area contributed by atoms with Crippen LogP contribution in [0.3, 0.4) is 0 Å². The molecule has 0 saturated carbocycles. The number of hydrazine groups is 1. The number of benzene rings is 2. The lowest BCUT2D eigenvalue weighted by Gasteiger charge is -2.27. The summed E-state index contributed by atoms with van der Waals surface area (Å²) in [5, 5.41) is 15.5. The van der Waals surface area contributed by atoms with Gasteiger partial charge in [-0.05, 0) is 57.0 Å². The van der Waals surface area contributed by atoms with Crippen LogP contribution in [-0.4, -0.2) is 113 Å². The van der Waals surface area contributed by atoms with Crippen LogP contribution >= 0.6 is 22.9 Å². The van der Waals surface area contributed by atoms with Crippen molar-refractivity contribution in [3.8, 4) is 5.00 Å². The van der Waals surface area contributed by atoms with E-state index in [1.54, 1.807) is 35.6 Å². The summed E-state index contributed by atoms with van der Waals surface area (Å²) < 4.78 is 18.6. The van der Waals surface area contributed by atoms with Gasteiger partial charge < -0.3 is 19.5 Å². The Kier molecular flexibility index (Phi) is 13.6. The molecule has 3 aliphatic heterocycles. The predicted octanol–water partition coefficient (Wildman–Crippen LogP) is 3.29. The summed E-state index contributed by atoms with van der Waals surface area (Å²) in [4.78, 5) is 82.9. The molecule has 61 heavy (non-hydrogen) atoms. The number of piperidine rings is 1. The molecule has 4 N–H and O–H groups in total. The monoisotopic (exact) mass is 873 g/mol. The lowest BCUT2D eigenvalue weighted by molar-refractivity contribution is -0.136. The third-order valence-electron chi connectivity index (χ3n) is 10.3. The van der Waals surface area contributed by atoms with Gasteiger partial charge in [0.25, 0.3) is 11.8 Å². The molecule has 20 heteroatoms. The largest absolute Gasteiger partial charge is 0.382 e. The normalized spacial score (nSPS) is 17.0. The van der Waals surface area contributed by atoms with E-state index in [4.69, 9.17) is 30.8 Å². The SMILES string of the molecule is Cc1sc2c(c1C)C(c1ccc(Cl)cc1)=N[C@@H](CC(=O)NNC(=O)CCOCCOCCOCCNc1cccc3c1C(=O)N(C1CCC(=O)NC1=O)C3=O)c1nnc(C)n1-2. The van der Waals surface area contributed by atoms with Gasteiger partial charge in [-0.3, -0.25) is 59.4 Å². The Morgan fingerprint density at radius 1 is 0.869 bits per heavy atom. The zero-order valence-electron chi connectivity index (χ0n) is 33.7. The van der Waals surface area contributed by atoms with Crippen LogP contribution in [0.5, 0.6) is 0 Å². The minimum atomic E-state index is -1.04. The molecular weight excluding hydrogens is 830 g/mol. The molecule has 3 aliphatic rings. The molecule has 5 heterocycles. The lowest BCUT2D eigenvalue weighted by atomic mass is 9.99. The average molecular weight is 874 g/mol. The summed E-state index contributed by atoms with van der Waals surface area (Å²) >= 11 is 7.81. The van der Waals surface area contributed by atoms with E-state index in [0.717, 1.165) is 37.2 Å². The molecule has 320 valence electrons. The molecule has 4 aromatic rings. The van der Waals surface area contributed by atoms with Crippen molar-refractivity contribution in [3.63, 3.8) is 0 Å². The fourth-order valence-corrected chi connectivity index (χ4v) is 8.53. The first-order valence-electron chi connectivity index (χ1n) is 19.7. The number of ether oxygens (including phenoxy) is 3. The molecule has 2 atom stereocenters. The molecule has 0 radical (unpaired) electrons. The molecule has 2 aromatic heterocycles. The number of fused-ring (bicyclic) bond motifs is 4. The Morgan fingerprint density at radius 3 is 2.31 bits per heavy atom. The summed E-state index contributed by atoms with van der Waals surface area (Å²) in [5.74, 6) is -1.95. The van der Waals surface area contributed by atoms with Crippen molar-refractivity contribution in [1.29, 1.82) is 0 Å². The fourth-order valence-electron chi connectivity index (χ4n) is 7.19. The number of aryl methyl sites for hydroxylation is 2. The van der Waals surface area contributed by atoms with Crippen LogP contribution in [0.2, 0.25) is 5.02 Å². The molecule has 2 aromatic carbocycles. The maximum atomic E-state index is 13.2. The van der Waals surface area contributed by atoms with Crippen LogP contribution in [0.25, 0.3) is 5.00 Å². The second-order valence-corrected chi connectivity index (χ2v) is 16.0. The number of imide groups is 2. The van der Waals surface area contributed by atoms with Crippen LogP contribution < -0.4 is 21.5 Å². The quantitative estimate of drug-likeness (QED) is 0.0682. The van der Waals surface area contributed by atoms with Gasteiger partial charge in [0.05, 0.1) is 69.3 Å². The van der Waals surface area contributed by atoms with Gasteiger partial charge >= 0.3 is 0 Å². The molecule has 1 saturated heterocycles. The number of halogens is 1. The van der Waals surface area contributed by atoms with Gasteiger partial charge in [0, 0.05) is 39.7 Å². The number of amides is 6. The van der Waals surface area contributed by atoms with E-state index in [2.05, 4.69) is 38.6 Å². The van der Waals surface area contributed by atoms with E-state index in [1.807, 2.05) is 30.5 Å². The summed E-state index contributed by atoms with van der Waals surface area (Å²) in [7, 11) is 0. The molecule has 0 bridgehead atoms. The number of carbonyl (C=O) groups is 6. The van der Waals surface area contributed by atoms with Crippen LogP contribution in [0.15, 0.2) is 47.5 Å². The number of rotatable bonds is 17. The number of nitrogens with one attached hydrogen (secondary N) is 4. The van der Waals surface area contributed by atoms with Gasteiger partial charge in [-0.2, -0.15) is 0 Å². The number of thiophene rings is 1. The molecule has 18 nitrogen and oxygen atoms in total. The van der Waals surface area contributed by atoms with E-state index in [1.165, 1.54) is 6.07 Å². The van der Waals surface area contributed by atoms with Crippen molar-refractivity contribution in [2.45, 2.75) is 58.5 Å². The smallest absolute Gasteiger partial charge is 0.264 e. The molecule has 0 aliphatic carbocycles. The fraction of sp³-hybridized carbons (Fsp3) is 0.390. The summed E-state index contributed by atoms with van der Waals surface area (Å²) in [6, 6.07) is 10.5. The van der Waals surface area contributed by atoms with Crippen LogP contribution in [0, 0.1) is 20.8 Å². The number of aromatic nitrogens is 3. The summed E-state index contributed by atoms with van der Waals surface area (Å²) in [6.45, 7) is 7.78. The number of aliphatic imine (C=N–C) groups is 1. The third kappa shape index (κ3) is 9.55. The second kappa shape index (κ2) is 19.2. The van der Waals surface area contributed by atoms with Crippen molar-refractivity contribution < 1.29 is 43.0 Å². The lowest BCUT2D eigenvalue weighted by Crippen LogP contribution is -2.54. The Morgan fingerprint density at radius 2 is 1.57 bits per heavy atom. The van der Waals surface area contributed by atoms with E-state index in [0.29, 0.717) is 35.5 Å². The Hall–Kier alpha value is -5.86. The minimum Gasteiger partial charge on any atom is -0.382 e. The van der Waals surface area contributed by atoms with Crippen molar-refractivity contribution in [2.75, 3.05) is 51.5 Å². The molecule has 7 rings (SSSR count). The summed E-state index contributed by atoms with van der Waals surface area (Å²) in [5.41, 5.74) is 9.33. The van der Waals surface area contributed by atoms with E-state index in [-0.39, 0.29) is 69.8 Å². The third-order valence-corrected chi connectivity index (χ3v) is 11.8. The Labute approximate surface area is 359 Å². The van der Waals surface area contributed by atoms with Gasteiger partial charge in [0.15, 0.2) is 5.82 Å². The van der Waals surface area contributed by atoms with Gasteiger partial charge in [0.1, 0.15) is 22.9 Å². The van der Waals surface area contributed by atoms with Crippen molar-refractivity contribution >= 4 is 69.8 Å². The van der Waals surface area contributed by atoms with Crippen molar-refractivity contribution in [1.82, 2.24) is 35.8 Å². The first-order valence-corrected chi connectivity index (χ1v) is 20.9. The number of nitrogens with zero attached hydrogens (tertiary/aromatic N) is 5.